The van der Waals surface area contributed by atoms with Gasteiger partial charge < -0.3 is 5.11 Å². The van der Waals surface area contributed by atoms with Gasteiger partial charge in [-0.1, -0.05) is 50.8 Å². The zero-order valence-electron chi connectivity index (χ0n) is 17.8. The molecule has 1 saturated heterocycles. The number of phenols is 1. The van der Waals surface area contributed by atoms with E-state index < -0.39 is 12.1 Å². The third-order valence-electron chi connectivity index (χ3n) is 5.36. The van der Waals surface area contributed by atoms with Crippen LogP contribution < -0.4 is 5.43 Å². The van der Waals surface area contributed by atoms with Crippen molar-refractivity contribution in [1.29, 1.82) is 0 Å². The molecule has 0 aliphatic carbocycles. The third kappa shape index (κ3) is 4.01. The Morgan fingerprint density at radius 2 is 1.91 bits per heavy atom. The number of imide groups is 1. The minimum Gasteiger partial charge on any atom is -0.507 e. The number of benzene rings is 2. The molecule has 3 amide bonds. The molecular formula is C22H22BrN6O3+. The van der Waals surface area contributed by atoms with Crippen LogP contribution in [0, 0.1) is 6.92 Å². The number of phenolic OH excluding ortho intramolecular Hbond substituents is 1. The van der Waals surface area contributed by atoms with E-state index in [-0.39, 0.29) is 11.7 Å². The number of likely N-dealkylation sites (N-methyl/N-ethyl adjacent to an activating group) is 2. The molecule has 1 unspecified atom stereocenters. The first-order valence-corrected chi connectivity index (χ1v) is 10.7. The molecule has 2 aliphatic rings. The second-order valence-electron chi connectivity index (χ2n) is 7.62. The zero-order chi connectivity index (χ0) is 23.0. The van der Waals surface area contributed by atoms with Gasteiger partial charge in [0.1, 0.15) is 5.75 Å². The minimum absolute atomic E-state index is 0.0776. The van der Waals surface area contributed by atoms with E-state index in [2.05, 4.69) is 31.4 Å². The Labute approximate surface area is 193 Å². The monoisotopic (exact) mass is 497 g/mol. The summed E-state index contributed by atoms with van der Waals surface area (Å²) in [4.78, 5) is 32.3. The Balaban J connectivity index is 1.69. The van der Waals surface area contributed by atoms with Gasteiger partial charge in [0, 0.05) is 24.1 Å². The maximum Gasteiger partial charge on any atom is 0.414 e. The fourth-order valence-electron chi connectivity index (χ4n) is 3.53. The maximum atomic E-state index is 13.0. The first-order chi connectivity index (χ1) is 15.3. The molecule has 9 nitrogen and oxygen atoms in total. The van der Waals surface area contributed by atoms with Crippen molar-refractivity contribution in [3.05, 3.63) is 63.6 Å². The van der Waals surface area contributed by atoms with Crippen LogP contribution in [0.2, 0.25) is 0 Å². The summed E-state index contributed by atoms with van der Waals surface area (Å²) >= 11 is 3.36. The number of amidine groups is 1. The summed E-state index contributed by atoms with van der Waals surface area (Å²) in [6.45, 7) is 2.39. The lowest BCUT2D eigenvalue weighted by atomic mass is 10.1. The Morgan fingerprint density at radius 3 is 2.62 bits per heavy atom. The first-order valence-electron chi connectivity index (χ1n) is 9.87. The molecule has 2 heterocycles. The van der Waals surface area contributed by atoms with Gasteiger partial charge in [-0.3, -0.25) is 14.6 Å². The molecule has 0 saturated carbocycles. The van der Waals surface area contributed by atoms with Crippen molar-refractivity contribution in [2.45, 2.75) is 19.5 Å². The van der Waals surface area contributed by atoms with Gasteiger partial charge in [-0.05, 0) is 30.7 Å². The second kappa shape index (κ2) is 8.54. The number of hydrogen-bond donors (Lipinski definition) is 2. The molecule has 2 aromatic rings. The van der Waals surface area contributed by atoms with Gasteiger partial charge in [-0.15, -0.1) is 5.10 Å². The normalized spacial score (nSPS) is 18.5. The molecule has 2 N–H and O–H groups in total. The van der Waals surface area contributed by atoms with Crippen LogP contribution in [-0.2, 0) is 11.3 Å². The van der Waals surface area contributed by atoms with Crippen LogP contribution in [-0.4, -0.2) is 69.6 Å². The van der Waals surface area contributed by atoms with Crippen LogP contribution in [0.15, 0.2) is 57.0 Å². The van der Waals surface area contributed by atoms with Crippen LogP contribution in [0.3, 0.4) is 0 Å². The quantitative estimate of drug-likeness (QED) is 0.384. The Morgan fingerprint density at radius 1 is 1.19 bits per heavy atom. The fourth-order valence-corrected chi connectivity index (χ4v) is 3.91. The number of rotatable bonds is 4. The number of halogens is 1. The third-order valence-corrected chi connectivity index (χ3v) is 5.86. The topological polar surface area (TPSA) is 101 Å². The first kappa shape index (κ1) is 21.7. The van der Waals surface area contributed by atoms with Crippen LogP contribution in [0.1, 0.15) is 16.7 Å². The van der Waals surface area contributed by atoms with Crippen molar-refractivity contribution in [3.63, 3.8) is 0 Å². The lowest BCUT2D eigenvalue weighted by Crippen LogP contribution is -2.61. The largest absolute Gasteiger partial charge is 0.507 e. The highest BCUT2D eigenvalue weighted by molar-refractivity contribution is 9.10. The number of guanidine groups is 1. The molecule has 0 spiro atoms. The minimum atomic E-state index is -0.749. The fraction of sp³-hybridized carbons (Fsp3) is 0.227. The lowest BCUT2D eigenvalue weighted by molar-refractivity contribution is -0.553. The SMILES string of the molecule is Cc1ccc(C[N+]2=C(N/N=C/c3cc(Br)ccc3O)N=C3C2C(=O)N(C)C(=O)N3C)cc1. The lowest BCUT2D eigenvalue weighted by Gasteiger charge is -2.31. The number of carbonyl (C=O) groups excluding carboxylic acids is 2. The summed E-state index contributed by atoms with van der Waals surface area (Å²) in [7, 11) is 3.05. The van der Waals surface area contributed by atoms with Crippen molar-refractivity contribution in [1.82, 2.24) is 15.2 Å². The number of urea groups is 1. The smallest absolute Gasteiger partial charge is 0.414 e. The van der Waals surface area contributed by atoms with Gasteiger partial charge in [0.05, 0.1) is 12.8 Å². The molecule has 0 radical (unpaired) electrons. The predicted molar refractivity (Wildman–Crippen MR) is 124 cm³/mol. The summed E-state index contributed by atoms with van der Waals surface area (Å²) in [6.07, 6.45) is 1.46. The average Bonchev–Trinajstić information content (AvgIpc) is 3.13. The summed E-state index contributed by atoms with van der Waals surface area (Å²) in [5.41, 5.74) is 5.49. The van der Waals surface area contributed by atoms with E-state index in [1.54, 1.807) is 29.8 Å². The highest BCUT2D eigenvalue weighted by Crippen LogP contribution is 2.21. The molecule has 10 heteroatoms. The molecular weight excluding hydrogens is 476 g/mol. The van der Waals surface area contributed by atoms with Crippen molar-refractivity contribution >= 4 is 45.9 Å². The van der Waals surface area contributed by atoms with Gasteiger partial charge >= 0.3 is 12.0 Å². The van der Waals surface area contributed by atoms with E-state index in [0.29, 0.717) is 23.9 Å². The van der Waals surface area contributed by atoms with Crippen LogP contribution in [0.5, 0.6) is 5.75 Å². The van der Waals surface area contributed by atoms with Crippen LogP contribution in [0.25, 0.3) is 0 Å². The molecule has 0 bridgehead atoms. The van der Waals surface area contributed by atoms with Crippen LogP contribution in [0.4, 0.5) is 4.79 Å². The molecule has 0 aromatic heterocycles. The number of aryl methyl sites for hydroxylation is 1. The summed E-state index contributed by atoms with van der Waals surface area (Å²) < 4.78 is 2.58. The number of amides is 3. The number of hydrogen-bond acceptors (Lipinski definition) is 6. The molecule has 1 fully saturated rings. The summed E-state index contributed by atoms with van der Waals surface area (Å²) in [5.74, 6) is 0.394. The van der Waals surface area contributed by atoms with Crippen molar-refractivity contribution in [3.8, 4) is 5.75 Å². The summed E-state index contributed by atoms with van der Waals surface area (Å²) in [5, 5.41) is 14.2. The Kier molecular flexibility index (Phi) is 5.79. The van der Waals surface area contributed by atoms with E-state index in [1.165, 1.54) is 18.2 Å². The molecule has 2 aliphatic heterocycles. The number of hydrazone groups is 1. The van der Waals surface area contributed by atoms with Gasteiger partial charge in [-0.25, -0.2) is 9.37 Å². The van der Waals surface area contributed by atoms with Crippen molar-refractivity contribution in [2.75, 3.05) is 14.1 Å². The predicted octanol–water partition coefficient (Wildman–Crippen LogP) is 2.26. The maximum absolute atomic E-state index is 13.0. The number of fused-ring (bicyclic) bond motifs is 1. The number of nitrogens with one attached hydrogen (secondary N) is 1. The molecule has 164 valence electrons. The van der Waals surface area contributed by atoms with E-state index in [9.17, 15) is 14.7 Å². The van der Waals surface area contributed by atoms with E-state index >= 15 is 0 Å². The molecule has 1 atom stereocenters. The van der Waals surface area contributed by atoms with E-state index in [1.807, 2.05) is 31.2 Å². The van der Waals surface area contributed by atoms with E-state index in [0.717, 1.165) is 20.5 Å². The van der Waals surface area contributed by atoms with Gasteiger partial charge in [0.15, 0.2) is 0 Å². The zero-order valence-corrected chi connectivity index (χ0v) is 19.4. The Hall–Kier alpha value is -3.53. The van der Waals surface area contributed by atoms with Gasteiger partial charge in [0.25, 0.3) is 5.91 Å². The number of aromatic hydroxyl groups is 1. The van der Waals surface area contributed by atoms with Crippen LogP contribution >= 0.6 is 15.9 Å². The number of carbonyl (C=O) groups is 2. The molecule has 4 rings (SSSR count). The standard InChI is InChI=1S/C22H21BrN6O3/c1-13-4-6-14(7-5-13)12-29-18-19(27(2)22(32)28(3)20(18)31)25-21(29)26-24-11-15-10-16(23)8-9-17(15)30/h4-11,18H,12H2,1-3H3,(H,24,30)/p+1. The molecule has 32 heavy (non-hydrogen) atoms. The highest BCUT2D eigenvalue weighted by atomic mass is 79.9. The molecule has 2 aromatic carbocycles. The van der Waals surface area contributed by atoms with Gasteiger partial charge in [-0.2, -0.15) is 5.43 Å². The number of nitrogens with zero attached hydrogens (tertiary/aromatic N) is 5. The summed E-state index contributed by atoms with van der Waals surface area (Å²) in [6, 6.07) is 11.8. The average molecular weight is 498 g/mol. The highest BCUT2D eigenvalue weighted by Gasteiger charge is 2.51. The Bertz CT molecular complexity index is 1190. The van der Waals surface area contributed by atoms with Gasteiger partial charge in [0.2, 0.25) is 11.9 Å². The van der Waals surface area contributed by atoms with E-state index in [4.69, 9.17) is 0 Å². The number of aliphatic imine (C=N–C) groups is 1. The van der Waals surface area contributed by atoms with Crippen molar-refractivity contribution in [2.24, 2.45) is 10.1 Å². The van der Waals surface area contributed by atoms with Crippen molar-refractivity contribution < 1.29 is 19.3 Å². The second-order valence-corrected chi connectivity index (χ2v) is 8.54.